The number of rotatable bonds is 9. The highest BCUT2D eigenvalue weighted by atomic mass is 16.5. The van der Waals surface area contributed by atoms with Crippen LogP contribution in [0.1, 0.15) is 30.1 Å². The molecule has 27 heavy (non-hydrogen) atoms. The summed E-state index contributed by atoms with van der Waals surface area (Å²) in [6.07, 6.45) is -0.414. The Morgan fingerprint density at radius 3 is 2.37 bits per heavy atom. The first-order valence-corrected chi connectivity index (χ1v) is 8.24. The average Bonchev–Trinajstić information content (AvgIpc) is 2.66. The molecule has 1 aromatic rings. The molecule has 142 valence electrons. The van der Waals surface area contributed by atoms with Gasteiger partial charge in [0.25, 0.3) is 5.91 Å². The van der Waals surface area contributed by atoms with Crippen LogP contribution in [0.15, 0.2) is 24.3 Å². The lowest BCUT2D eigenvalue weighted by Crippen LogP contribution is -2.36. The molecule has 0 saturated carbocycles. The summed E-state index contributed by atoms with van der Waals surface area (Å²) in [5, 5.41) is 19.7. The molecule has 0 aliphatic rings. The fourth-order valence-electron chi connectivity index (χ4n) is 2.04. The van der Waals surface area contributed by atoms with E-state index in [1.807, 2.05) is 12.1 Å². The van der Waals surface area contributed by atoms with Crippen LogP contribution in [0.3, 0.4) is 0 Å². The van der Waals surface area contributed by atoms with Crippen molar-refractivity contribution in [3.63, 3.8) is 0 Å². The molecule has 1 N–H and O–H groups in total. The number of esters is 1. The zero-order valence-corrected chi connectivity index (χ0v) is 14.9. The molecule has 2 amide bonds. The maximum absolute atomic E-state index is 12.1. The molecule has 1 rings (SSSR count). The number of hydrogen-bond acceptors (Lipinski definition) is 7. The van der Waals surface area contributed by atoms with Crippen LogP contribution in [0.2, 0.25) is 0 Å². The third-order valence-corrected chi connectivity index (χ3v) is 3.29. The molecular formula is C18H20N4O5. The highest BCUT2D eigenvalue weighted by Crippen LogP contribution is 2.12. The van der Waals surface area contributed by atoms with Gasteiger partial charge >= 0.3 is 12.1 Å². The van der Waals surface area contributed by atoms with Crippen LogP contribution >= 0.6 is 0 Å². The fraction of sp³-hybridized carbons (Fsp3) is 0.389. The van der Waals surface area contributed by atoms with E-state index in [-0.39, 0.29) is 38.1 Å². The summed E-state index contributed by atoms with van der Waals surface area (Å²) < 4.78 is 9.75. The summed E-state index contributed by atoms with van der Waals surface area (Å²) in [6, 6.07) is 9.84. The molecule has 9 heteroatoms. The summed E-state index contributed by atoms with van der Waals surface area (Å²) >= 11 is 0. The van der Waals surface area contributed by atoms with Crippen molar-refractivity contribution in [2.75, 3.05) is 31.6 Å². The first-order valence-electron chi connectivity index (χ1n) is 8.24. The average molecular weight is 372 g/mol. The van der Waals surface area contributed by atoms with Gasteiger partial charge in [-0.2, -0.15) is 10.5 Å². The lowest BCUT2D eigenvalue weighted by molar-refractivity contribution is -0.134. The molecule has 0 aromatic heterocycles. The van der Waals surface area contributed by atoms with E-state index in [0.717, 1.165) is 0 Å². The molecule has 0 bridgehead atoms. The van der Waals surface area contributed by atoms with Crippen molar-refractivity contribution in [2.24, 2.45) is 0 Å². The van der Waals surface area contributed by atoms with Crippen LogP contribution in [-0.4, -0.2) is 49.2 Å². The van der Waals surface area contributed by atoms with Crippen molar-refractivity contribution in [2.45, 2.75) is 19.8 Å². The van der Waals surface area contributed by atoms with Gasteiger partial charge in [-0.15, -0.1) is 0 Å². The molecule has 1 aromatic carbocycles. The maximum Gasteiger partial charge on any atom is 0.411 e. The first kappa shape index (κ1) is 21.5. The monoisotopic (exact) mass is 372 g/mol. The van der Waals surface area contributed by atoms with E-state index in [0.29, 0.717) is 5.69 Å². The second-order valence-corrected chi connectivity index (χ2v) is 5.20. The number of ether oxygens (including phenoxy) is 2. The molecular weight excluding hydrogens is 352 g/mol. The minimum absolute atomic E-state index is 0.118. The summed E-state index contributed by atoms with van der Waals surface area (Å²) in [7, 11) is 0. The van der Waals surface area contributed by atoms with Crippen molar-refractivity contribution in [3.8, 4) is 12.1 Å². The first-order chi connectivity index (χ1) is 13.0. The summed E-state index contributed by atoms with van der Waals surface area (Å²) in [6.45, 7) is 1.69. The number of amides is 2. The molecule has 9 nitrogen and oxygen atoms in total. The van der Waals surface area contributed by atoms with Gasteiger partial charge in [0.15, 0.2) is 6.61 Å². The predicted octanol–water partition coefficient (Wildman–Crippen LogP) is 2.07. The Kier molecular flexibility index (Phi) is 9.44. The topological polar surface area (TPSA) is 133 Å². The predicted molar refractivity (Wildman–Crippen MR) is 94.4 cm³/mol. The SMILES string of the molecule is CCOC(=O)Nc1cccc(C(=O)OCC(=O)N(CCC#N)CCC#N)c1. The molecule has 0 atom stereocenters. The molecule has 0 heterocycles. The van der Waals surface area contributed by atoms with Gasteiger partial charge in [0.2, 0.25) is 0 Å². The molecule has 0 unspecified atom stereocenters. The van der Waals surface area contributed by atoms with Crippen molar-refractivity contribution in [1.82, 2.24) is 4.90 Å². The molecule has 0 spiro atoms. The fourth-order valence-corrected chi connectivity index (χ4v) is 2.04. The summed E-state index contributed by atoms with van der Waals surface area (Å²) in [5.41, 5.74) is 0.497. The van der Waals surface area contributed by atoms with E-state index in [2.05, 4.69) is 5.32 Å². The Hall–Kier alpha value is -3.59. The number of benzene rings is 1. The van der Waals surface area contributed by atoms with Crippen LogP contribution in [0, 0.1) is 22.7 Å². The molecule has 0 fully saturated rings. The Bertz CT molecular complexity index is 733. The Labute approximate surface area is 157 Å². The minimum Gasteiger partial charge on any atom is -0.452 e. The van der Waals surface area contributed by atoms with E-state index >= 15 is 0 Å². The van der Waals surface area contributed by atoms with Crippen LogP contribution < -0.4 is 5.32 Å². The Morgan fingerprint density at radius 1 is 1.11 bits per heavy atom. The van der Waals surface area contributed by atoms with Gasteiger partial charge in [-0.1, -0.05) is 6.07 Å². The van der Waals surface area contributed by atoms with E-state index in [1.54, 1.807) is 19.1 Å². The van der Waals surface area contributed by atoms with Gasteiger partial charge in [0.1, 0.15) is 0 Å². The van der Waals surface area contributed by atoms with Gasteiger partial charge < -0.3 is 14.4 Å². The number of carbonyl (C=O) groups is 3. The van der Waals surface area contributed by atoms with E-state index in [4.69, 9.17) is 20.0 Å². The van der Waals surface area contributed by atoms with Gasteiger partial charge in [0, 0.05) is 18.8 Å². The third-order valence-electron chi connectivity index (χ3n) is 3.29. The normalized spacial score (nSPS) is 9.44. The number of nitriles is 2. The minimum atomic E-state index is -0.739. The van der Waals surface area contributed by atoms with Crippen LogP contribution in [0.5, 0.6) is 0 Å². The van der Waals surface area contributed by atoms with Gasteiger partial charge in [0.05, 0.1) is 37.2 Å². The van der Waals surface area contributed by atoms with Crippen LogP contribution in [0.25, 0.3) is 0 Å². The zero-order valence-electron chi connectivity index (χ0n) is 14.9. The van der Waals surface area contributed by atoms with E-state index < -0.39 is 24.6 Å². The van der Waals surface area contributed by atoms with Gasteiger partial charge in [-0.3, -0.25) is 10.1 Å². The van der Waals surface area contributed by atoms with Crippen LogP contribution in [-0.2, 0) is 14.3 Å². The second kappa shape index (κ2) is 11.9. The molecule has 0 aliphatic carbocycles. The molecule has 0 saturated heterocycles. The number of nitrogens with zero attached hydrogens (tertiary/aromatic N) is 3. The Balaban J connectivity index is 2.64. The van der Waals surface area contributed by atoms with E-state index in [1.165, 1.54) is 17.0 Å². The third kappa shape index (κ3) is 7.88. The largest absolute Gasteiger partial charge is 0.452 e. The Morgan fingerprint density at radius 2 is 1.78 bits per heavy atom. The smallest absolute Gasteiger partial charge is 0.411 e. The highest BCUT2D eigenvalue weighted by Gasteiger charge is 2.16. The quantitative estimate of drug-likeness (QED) is 0.656. The van der Waals surface area contributed by atoms with Gasteiger partial charge in [-0.25, -0.2) is 9.59 Å². The molecule has 0 aliphatic heterocycles. The summed E-state index contributed by atoms with van der Waals surface area (Å²) in [4.78, 5) is 37.0. The summed E-state index contributed by atoms with van der Waals surface area (Å²) in [5.74, 6) is -1.23. The standard InChI is InChI=1S/C18H20N4O5/c1-2-26-18(25)21-15-7-3-6-14(12-15)17(24)27-13-16(23)22(10-4-8-19)11-5-9-20/h3,6-7,12H,2,4-5,10-11,13H2,1H3,(H,21,25). The van der Waals surface area contributed by atoms with Crippen molar-refractivity contribution < 1.29 is 23.9 Å². The van der Waals surface area contributed by atoms with E-state index in [9.17, 15) is 14.4 Å². The van der Waals surface area contributed by atoms with Gasteiger partial charge in [-0.05, 0) is 25.1 Å². The highest BCUT2D eigenvalue weighted by molar-refractivity contribution is 5.93. The van der Waals surface area contributed by atoms with Crippen molar-refractivity contribution >= 4 is 23.7 Å². The lowest BCUT2D eigenvalue weighted by atomic mass is 10.2. The number of anilines is 1. The van der Waals surface area contributed by atoms with Crippen LogP contribution in [0.4, 0.5) is 10.5 Å². The van der Waals surface area contributed by atoms with Crippen molar-refractivity contribution in [3.05, 3.63) is 29.8 Å². The number of nitrogens with one attached hydrogen (secondary N) is 1. The lowest BCUT2D eigenvalue weighted by Gasteiger charge is -2.20. The number of hydrogen-bond donors (Lipinski definition) is 1. The second-order valence-electron chi connectivity index (χ2n) is 5.20. The zero-order chi connectivity index (χ0) is 20.1. The molecule has 0 radical (unpaired) electrons. The van der Waals surface area contributed by atoms with Crippen molar-refractivity contribution in [1.29, 1.82) is 10.5 Å². The maximum atomic E-state index is 12.1. The number of carbonyl (C=O) groups excluding carboxylic acids is 3.